The molecule has 0 unspecified atom stereocenters. The van der Waals surface area contributed by atoms with Crippen molar-refractivity contribution in [2.75, 3.05) is 0 Å². The van der Waals surface area contributed by atoms with Crippen molar-refractivity contribution in [3.63, 3.8) is 0 Å². The zero-order chi connectivity index (χ0) is 12.3. The lowest BCUT2D eigenvalue weighted by Gasteiger charge is -2.11. The van der Waals surface area contributed by atoms with Gasteiger partial charge in [0.05, 0.1) is 5.56 Å². The molecule has 1 rings (SSSR count). The topological polar surface area (TPSA) is 43.4 Å². The van der Waals surface area contributed by atoms with Crippen molar-refractivity contribution in [1.29, 1.82) is 0 Å². The number of aldehydes is 1. The summed E-state index contributed by atoms with van der Waals surface area (Å²) >= 11 is 3.01. The molecule has 6 heteroatoms. The Morgan fingerprint density at radius 2 is 2.12 bits per heavy atom. The van der Waals surface area contributed by atoms with Gasteiger partial charge in [0, 0.05) is 10.0 Å². The number of halogens is 3. The number of hydrogen-bond donors (Lipinski definition) is 0. The second-order valence-corrected chi connectivity index (χ2v) is 3.69. The van der Waals surface area contributed by atoms with Gasteiger partial charge in [-0.15, -0.1) is 0 Å². The van der Waals surface area contributed by atoms with Crippen LogP contribution in [0.2, 0.25) is 0 Å². The Morgan fingerprint density at radius 1 is 1.50 bits per heavy atom. The molecule has 3 nitrogen and oxygen atoms in total. The van der Waals surface area contributed by atoms with E-state index < -0.39 is 12.4 Å². The molecule has 0 heterocycles. The average molecular weight is 293 g/mol. The van der Waals surface area contributed by atoms with Gasteiger partial charge in [-0.05, 0) is 35.0 Å². The molecule has 0 amide bonds. The number of carbonyl (C=O) groups is 2. The zero-order valence-corrected chi connectivity index (χ0v) is 9.75. The van der Waals surface area contributed by atoms with Gasteiger partial charge < -0.3 is 4.74 Å². The molecule has 0 aliphatic heterocycles. The molecule has 16 heavy (non-hydrogen) atoms. The maximum Gasteiger partial charge on any atom is 0.387 e. The summed E-state index contributed by atoms with van der Waals surface area (Å²) in [5.74, 6) is -0.716. The van der Waals surface area contributed by atoms with Crippen molar-refractivity contribution in [2.24, 2.45) is 0 Å². The highest BCUT2D eigenvalue weighted by Crippen LogP contribution is 2.31. The van der Waals surface area contributed by atoms with E-state index in [9.17, 15) is 18.4 Å². The zero-order valence-electron chi connectivity index (χ0n) is 8.17. The van der Waals surface area contributed by atoms with Crippen LogP contribution in [0.3, 0.4) is 0 Å². The van der Waals surface area contributed by atoms with Gasteiger partial charge in [0.1, 0.15) is 5.75 Å². The molecule has 0 aliphatic carbocycles. The summed E-state index contributed by atoms with van der Waals surface area (Å²) in [5, 5.41) is 0. The van der Waals surface area contributed by atoms with E-state index in [1.54, 1.807) is 0 Å². The second kappa shape index (κ2) is 5.16. The molecule has 0 atom stereocenters. The first-order valence-electron chi connectivity index (χ1n) is 4.20. The van der Waals surface area contributed by atoms with E-state index >= 15 is 0 Å². The van der Waals surface area contributed by atoms with Crippen LogP contribution in [0.25, 0.3) is 0 Å². The molecule has 0 N–H and O–H groups in total. The van der Waals surface area contributed by atoms with Gasteiger partial charge in [-0.3, -0.25) is 9.59 Å². The molecule has 86 valence electrons. The van der Waals surface area contributed by atoms with E-state index in [-0.39, 0.29) is 21.3 Å². The highest BCUT2D eigenvalue weighted by Gasteiger charge is 2.18. The Balaban J connectivity index is 3.34. The SMILES string of the molecule is CC(=O)c1c(OC(F)F)ccc(C=O)c1Br. The van der Waals surface area contributed by atoms with E-state index in [2.05, 4.69) is 20.7 Å². The monoisotopic (exact) mass is 292 g/mol. The third-order valence-electron chi connectivity index (χ3n) is 1.83. The molecular weight excluding hydrogens is 286 g/mol. The fraction of sp³-hybridized carbons (Fsp3) is 0.200. The maximum atomic E-state index is 12.1. The number of rotatable bonds is 4. The van der Waals surface area contributed by atoms with Crippen LogP contribution in [-0.4, -0.2) is 18.7 Å². The summed E-state index contributed by atoms with van der Waals surface area (Å²) < 4.78 is 28.5. The predicted molar refractivity (Wildman–Crippen MR) is 56.2 cm³/mol. The Morgan fingerprint density at radius 3 is 2.56 bits per heavy atom. The number of Topliss-reactive ketones (excluding diaryl/α,β-unsaturated/α-hetero) is 1. The van der Waals surface area contributed by atoms with Crippen LogP contribution in [-0.2, 0) is 0 Å². The Bertz CT molecular complexity index is 432. The van der Waals surface area contributed by atoms with Gasteiger partial charge in [-0.2, -0.15) is 8.78 Å². The average Bonchev–Trinajstić information content (AvgIpc) is 2.16. The second-order valence-electron chi connectivity index (χ2n) is 2.89. The van der Waals surface area contributed by atoms with E-state index in [4.69, 9.17) is 0 Å². The fourth-order valence-electron chi connectivity index (χ4n) is 1.19. The van der Waals surface area contributed by atoms with Gasteiger partial charge in [0.25, 0.3) is 0 Å². The Labute approximate surface area is 98.5 Å². The Kier molecular flexibility index (Phi) is 4.12. The summed E-state index contributed by atoms with van der Waals surface area (Å²) in [5.41, 5.74) is 0.136. The molecule has 0 saturated carbocycles. The van der Waals surface area contributed by atoms with Crippen LogP contribution >= 0.6 is 15.9 Å². The molecule has 0 fully saturated rings. The standard InChI is InChI=1S/C10H7BrF2O3/c1-5(15)8-7(16-10(12)13)3-2-6(4-14)9(8)11/h2-4,10H,1H3. The van der Waals surface area contributed by atoms with Crippen LogP contribution in [0.4, 0.5) is 8.78 Å². The minimum Gasteiger partial charge on any atom is -0.434 e. The summed E-state index contributed by atoms with van der Waals surface area (Å²) in [4.78, 5) is 21.9. The van der Waals surface area contributed by atoms with E-state index in [1.165, 1.54) is 13.0 Å². The van der Waals surface area contributed by atoms with Gasteiger partial charge in [-0.1, -0.05) is 0 Å². The first-order chi connectivity index (χ1) is 7.47. The van der Waals surface area contributed by atoms with Gasteiger partial charge in [-0.25, -0.2) is 0 Å². The van der Waals surface area contributed by atoms with E-state index in [0.29, 0.717) is 6.29 Å². The van der Waals surface area contributed by atoms with Crippen LogP contribution in [0.15, 0.2) is 16.6 Å². The fourth-order valence-corrected chi connectivity index (χ4v) is 1.89. The number of hydrogen-bond acceptors (Lipinski definition) is 3. The first kappa shape index (κ1) is 12.8. The lowest BCUT2D eigenvalue weighted by Crippen LogP contribution is -2.08. The summed E-state index contributed by atoms with van der Waals surface area (Å²) in [6.07, 6.45) is 0.517. The van der Waals surface area contributed by atoms with Gasteiger partial charge in [0.15, 0.2) is 12.1 Å². The van der Waals surface area contributed by atoms with Crippen LogP contribution in [0, 0.1) is 0 Å². The van der Waals surface area contributed by atoms with Crippen molar-refractivity contribution >= 4 is 28.0 Å². The van der Waals surface area contributed by atoms with Crippen molar-refractivity contribution in [1.82, 2.24) is 0 Å². The summed E-state index contributed by atoms with van der Waals surface area (Å²) in [6, 6.07) is 2.46. The summed E-state index contributed by atoms with van der Waals surface area (Å²) in [6.45, 7) is -1.82. The molecule has 0 spiro atoms. The number of ketones is 1. The molecule has 1 aromatic carbocycles. The number of carbonyl (C=O) groups excluding carboxylic acids is 2. The number of benzene rings is 1. The molecule has 0 saturated heterocycles. The van der Waals surface area contributed by atoms with Crippen molar-refractivity contribution in [3.8, 4) is 5.75 Å². The normalized spacial score (nSPS) is 10.3. The van der Waals surface area contributed by atoms with E-state index in [0.717, 1.165) is 6.07 Å². The first-order valence-corrected chi connectivity index (χ1v) is 5.00. The quantitative estimate of drug-likeness (QED) is 0.633. The summed E-state index contributed by atoms with van der Waals surface area (Å²) in [7, 11) is 0. The maximum absolute atomic E-state index is 12.1. The third-order valence-corrected chi connectivity index (χ3v) is 2.68. The largest absolute Gasteiger partial charge is 0.434 e. The molecule has 0 aliphatic rings. The lowest BCUT2D eigenvalue weighted by molar-refractivity contribution is -0.0501. The Hall–Kier alpha value is -1.30. The van der Waals surface area contributed by atoms with Crippen molar-refractivity contribution in [2.45, 2.75) is 13.5 Å². The van der Waals surface area contributed by atoms with E-state index in [1.807, 2.05) is 0 Å². The highest BCUT2D eigenvalue weighted by atomic mass is 79.9. The third kappa shape index (κ3) is 2.63. The minimum atomic E-state index is -3.02. The van der Waals surface area contributed by atoms with Crippen molar-refractivity contribution < 1.29 is 23.1 Å². The van der Waals surface area contributed by atoms with Crippen molar-refractivity contribution in [3.05, 3.63) is 27.7 Å². The molecule has 0 bridgehead atoms. The van der Waals surface area contributed by atoms with Crippen LogP contribution in [0.5, 0.6) is 5.75 Å². The number of alkyl halides is 2. The van der Waals surface area contributed by atoms with Crippen LogP contribution in [0.1, 0.15) is 27.6 Å². The minimum absolute atomic E-state index is 0.0649. The predicted octanol–water partition coefficient (Wildman–Crippen LogP) is 3.07. The van der Waals surface area contributed by atoms with Crippen LogP contribution < -0.4 is 4.74 Å². The number of ether oxygens (including phenoxy) is 1. The smallest absolute Gasteiger partial charge is 0.387 e. The molecular formula is C10H7BrF2O3. The molecule has 1 aromatic rings. The highest BCUT2D eigenvalue weighted by molar-refractivity contribution is 9.10. The molecule has 0 aromatic heterocycles. The van der Waals surface area contributed by atoms with Gasteiger partial charge in [0.2, 0.25) is 0 Å². The molecule has 0 radical (unpaired) electrons. The lowest BCUT2D eigenvalue weighted by atomic mass is 10.1. The van der Waals surface area contributed by atoms with Gasteiger partial charge >= 0.3 is 6.61 Å².